The molecule has 1 N–H and O–H groups in total. The molecule has 1 aromatic rings. The van der Waals surface area contributed by atoms with Crippen LogP contribution in [0.3, 0.4) is 0 Å². The van der Waals surface area contributed by atoms with E-state index in [9.17, 15) is 9.90 Å². The van der Waals surface area contributed by atoms with Gasteiger partial charge in [0.25, 0.3) is 5.88 Å². The lowest BCUT2D eigenvalue weighted by molar-refractivity contribution is -0.145. The molecule has 1 rings (SSSR count). The Bertz CT molecular complexity index is 313. The molecule has 0 radical (unpaired) electrons. The van der Waals surface area contributed by atoms with E-state index in [4.69, 9.17) is 4.74 Å². The molecule has 5 heteroatoms. The van der Waals surface area contributed by atoms with E-state index in [1.54, 1.807) is 13.0 Å². The van der Waals surface area contributed by atoms with Gasteiger partial charge in [-0.2, -0.15) is 0 Å². The fourth-order valence-corrected chi connectivity index (χ4v) is 0.823. The van der Waals surface area contributed by atoms with Crippen LogP contribution in [0.2, 0.25) is 0 Å². The Labute approximate surface area is 81.3 Å². The van der Waals surface area contributed by atoms with Crippen molar-refractivity contribution in [1.82, 2.24) is 4.98 Å². The largest absolute Gasteiger partial charge is 0.503 e. The van der Waals surface area contributed by atoms with Crippen molar-refractivity contribution in [2.45, 2.75) is 6.92 Å². The van der Waals surface area contributed by atoms with Crippen LogP contribution in [0.15, 0.2) is 18.3 Å². The van der Waals surface area contributed by atoms with Crippen LogP contribution in [0.25, 0.3) is 0 Å². The molecular formula is C9H11NO4. The first-order valence-electron chi connectivity index (χ1n) is 4.16. The maximum atomic E-state index is 10.9. The summed E-state index contributed by atoms with van der Waals surface area (Å²) in [6.07, 6.45) is 1.46. The van der Waals surface area contributed by atoms with Crippen LogP contribution in [0, 0.1) is 0 Å². The van der Waals surface area contributed by atoms with E-state index in [0.29, 0.717) is 6.61 Å². The Hall–Kier alpha value is -1.78. The lowest BCUT2D eigenvalue weighted by Crippen LogP contribution is -2.15. The number of hydrogen-bond donors (Lipinski definition) is 1. The summed E-state index contributed by atoms with van der Waals surface area (Å²) in [6.45, 7) is 1.75. The Kier molecular flexibility index (Phi) is 3.72. The van der Waals surface area contributed by atoms with Gasteiger partial charge in [0.2, 0.25) is 0 Å². The van der Waals surface area contributed by atoms with E-state index in [0.717, 1.165) is 0 Å². The van der Waals surface area contributed by atoms with E-state index in [-0.39, 0.29) is 18.2 Å². The summed E-state index contributed by atoms with van der Waals surface area (Å²) in [4.78, 5) is 14.6. The molecule has 0 saturated carbocycles. The van der Waals surface area contributed by atoms with Gasteiger partial charge in [0.1, 0.15) is 0 Å². The minimum atomic E-state index is -0.488. The van der Waals surface area contributed by atoms with E-state index < -0.39 is 5.97 Å². The lowest BCUT2D eigenvalue weighted by atomic mass is 10.4. The highest BCUT2D eigenvalue weighted by molar-refractivity contribution is 5.71. The highest BCUT2D eigenvalue weighted by Gasteiger charge is 2.06. The van der Waals surface area contributed by atoms with Gasteiger partial charge in [-0.25, -0.2) is 9.78 Å². The SMILES string of the molecule is CCOC(=O)COc1ncccc1O. The van der Waals surface area contributed by atoms with Gasteiger partial charge in [0.15, 0.2) is 12.4 Å². The number of nitrogens with zero attached hydrogens (tertiary/aromatic N) is 1. The van der Waals surface area contributed by atoms with Crippen molar-refractivity contribution >= 4 is 5.97 Å². The Morgan fingerprint density at radius 1 is 1.64 bits per heavy atom. The van der Waals surface area contributed by atoms with Gasteiger partial charge in [-0.05, 0) is 19.1 Å². The normalized spacial score (nSPS) is 9.50. The zero-order valence-electron chi connectivity index (χ0n) is 7.77. The minimum absolute atomic E-state index is 0.0283. The van der Waals surface area contributed by atoms with Gasteiger partial charge in [-0.1, -0.05) is 0 Å². The Morgan fingerprint density at radius 2 is 2.43 bits per heavy atom. The second-order valence-electron chi connectivity index (χ2n) is 2.42. The van der Waals surface area contributed by atoms with Gasteiger partial charge < -0.3 is 14.6 Å². The molecule has 1 heterocycles. The molecular weight excluding hydrogens is 186 g/mol. The second kappa shape index (κ2) is 5.06. The Morgan fingerprint density at radius 3 is 3.07 bits per heavy atom. The molecule has 0 atom stereocenters. The molecule has 0 aliphatic rings. The van der Waals surface area contributed by atoms with Crippen molar-refractivity contribution in [2.24, 2.45) is 0 Å². The van der Waals surface area contributed by atoms with Gasteiger partial charge in [-0.3, -0.25) is 0 Å². The van der Waals surface area contributed by atoms with Crippen LogP contribution < -0.4 is 4.74 Å². The average molecular weight is 197 g/mol. The first kappa shape index (κ1) is 10.3. The summed E-state index contributed by atoms with van der Waals surface area (Å²) in [5.74, 6) is -0.560. The third kappa shape index (κ3) is 2.93. The first-order valence-corrected chi connectivity index (χ1v) is 4.16. The molecule has 0 aromatic carbocycles. The summed E-state index contributed by atoms with van der Waals surface area (Å²) in [5.41, 5.74) is 0. The quantitative estimate of drug-likeness (QED) is 0.720. The molecule has 0 spiro atoms. The number of rotatable bonds is 4. The number of aromatic hydroxyl groups is 1. The van der Waals surface area contributed by atoms with Crippen molar-refractivity contribution in [3.05, 3.63) is 18.3 Å². The number of esters is 1. The number of pyridine rings is 1. The molecule has 0 amide bonds. The standard InChI is InChI=1S/C9H11NO4/c1-2-13-8(12)6-14-9-7(11)4-3-5-10-9/h3-5,11H,2,6H2,1H3. The summed E-state index contributed by atoms with van der Waals surface area (Å²) in [6, 6.07) is 2.99. The zero-order chi connectivity index (χ0) is 10.4. The van der Waals surface area contributed by atoms with Gasteiger partial charge >= 0.3 is 5.97 Å². The molecule has 0 saturated heterocycles. The zero-order valence-corrected chi connectivity index (χ0v) is 7.77. The van der Waals surface area contributed by atoms with Crippen LogP contribution in [0.4, 0.5) is 0 Å². The fourth-order valence-electron chi connectivity index (χ4n) is 0.823. The van der Waals surface area contributed by atoms with Crippen LogP contribution in [-0.4, -0.2) is 29.3 Å². The second-order valence-corrected chi connectivity index (χ2v) is 2.42. The van der Waals surface area contributed by atoms with Crippen LogP contribution in [-0.2, 0) is 9.53 Å². The summed E-state index contributed by atoms with van der Waals surface area (Å²) in [5, 5.41) is 9.21. The molecule has 0 aliphatic heterocycles. The van der Waals surface area contributed by atoms with Crippen LogP contribution in [0.1, 0.15) is 6.92 Å². The lowest BCUT2D eigenvalue weighted by Gasteiger charge is -2.05. The molecule has 5 nitrogen and oxygen atoms in total. The third-order valence-corrected chi connectivity index (χ3v) is 1.38. The molecule has 1 aromatic heterocycles. The van der Waals surface area contributed by atoms with Crippen molar-refractivity contribution < 1.29 is 19.4 Å². The van der Waals surface area contributed by atoms with Crippen LogP contribution in [0.5, 0.6) is 11.6 Å². The van der Waals surface area contributed by atoms with Crippen LogP contribution >= 0.6 is 0 Å². The first-order chi connectivity index (χ1) is 6.74. The van der Waals surface area contributed by atoms with Crippen molar-refractivity contribution in [2.75, 3.05) is 13.2 Å². The van der Waals surface area contributed by atoms with Crippen molar-refractivity contribution in [3.8, 4) is 11.6 Å². The number of carbonyl (C=O) groups is 1. The number of ether oxygens (including phenoxy) is 2. The topological polar surface area (TPSA) is 68.7 Å². The summed E-state index contributed by atoms with van der Waals surface area (Å²) >= 11 is 0. The highest BCUT2D eigenvalue weighted by atomic mass is 16.6. The number of hydrogen-bond acceptors (Lipinski definition) is 5. The fraction of sp³-hybridized carbons (Fsp3) is 0.333. The number of carbonyl (C=O) groups excluding carboxylic acids is 1. The highest BCUT2D eigenvalue weighted by Crippen LogP contribution is 2.20. The summed E-state index contributed by atoms with van der Waals surface area (Å²) in [7, 11) is 0. The van der Waals surface area contributed by atoms with E-state index in [1.165, 1.54) is 12.3 Å². The monoisotopic (exact) mass is 197 g/mol. The number of aromatic nitrogens is 1. The smallest absolute Gasteiger partial charge is 0.344 e. The minimum Gasteiger partial charge on any atom is -0.503 e. The van der Waals surface area contributed by atoms with E-state index >= 15 is 0 Å². The average Bonchev–Trinajstić information content (AvgIpc) is 2.17. The van der Waals surface area contributed by atoms with Gasteiger partial charge in [0, 0.05) is 6.20 Å². The van der Waals surface area contributed by atoms with E-state index in [1.807, 2.05) is 0 Å². The summed E-state index contributed by atoms with van der Waals surface area (Å²) < 4.78 is 9.55. The molecule has 0 aliphatic carbocycles. The molecule has 0 fully saturated rings. The predicted molar refractivity (Wildman–Crippen MR) is 48.0 cm³/mol. The maximum absolute atomic E-state index is 10.9. The van der Waals surface area contributed by atoms with Crippen molar-refractivity contribution in [3.63, 3.8) is 0 Å². The van der Waals surface area contributed by atoms with Crippen molar-refractivity contribution in [1.29, 1.82) is 0 Å². The molecule has 0 bridgehead atoms. The van der Waals surface area contributed by atoms with E-state index in [2.05, 4.69) is 9.72 Å². The molecule has 14 heavy (non-hydrogen) atoms. The maximum Gasteiger partial charge on any atom is 0.344 e. The van der Waals surface area contributed by atoms with Gasteiger partial charge in [0.05, 0.1) is 6.61 Å². The molecule has 0 unspecified atom stereocenters. The third-order valence-electron chi connectivity index (χ3n) is 1.38. The Balaban J connectivity index is 2.46. The predicted octanol–water partition coefficient (Wildman–Crippen LogP) is 0.729. The molecule has 76 valence electrons. The van der Waals surface area contributed by atoms with Gasteiger partial charge in [-0.15, -0.1) is 0 Å².